The van der Waals surface area contributed by atoms with Gasteiger partial charge < -0.3 is 5.32 Å². The Labute approximate surface area is 168 Å². The first-order chi connectivity index (χ1) is 13.7. The summed E-state index contributed by atoms with van der Waals surface area (Å²) in [7, 11) is 0. The average molecular weight is 391 g/mol. The molecule has 0 bridgehead atoms. The normalized spacial score (nSPS) is 12.4. The van der Waals surface area contributed by atoms with Gasteiger partial charge in [-0.3, -0.25) is 9.20 Å². The number of nitrogens with zero attached hydrogens (tertiary/aromatic N) is 3. The summed E-state index contributed by atoms with van der Waals surface area (Å²) in [4.78, 5) is 12.9. The van der Waals surface area contributed by atoms with Crippen LogP contribution in [-0.2, 0) is 11.2 Å². The van der Waals surface area contributed by atoms with Crippen LogP contribution in [0, 0.1) is 0 Å². The number of benzene rings is 2. The lowest BCUT2D eigenvalue weighted by Crippen LogP contribution is -2.25. The van der Waals surface area contributed by atoms with Gasteiger partial charge in [-0.15, -0.1) is 10.2 Å². The minimum Gasteiger partial charge on any atom is -0.325 e. The monoisotopic (exact) mass is 390 g/mol. The van der Waals surface area contributed by atoms with Crippen molar-refractivity contribution in [3.63, 3.8) is 0 Å². The minimum atomic E-state index is -0.253. The van der Waals surface area contributed by atoms with Gasteiger partial charge in [-0.25, -0.2) is 0 Å². The third-order valence-corrected chi connectivity index (χ3v) is 6.12. The number of fused-ring (bicyclic) bond motifs is 3. The summed E-state index contributed by atoms with van der Waals surface area (Å²) in [5.41, 5.74) is 3.84. The zero-order chi connectivity index (χ0) is 19.5. The number of rotatable bonds is 6. The van der Waals surface area contributed by atoms with Gasteiger partial charge in [0.15, 0.2) is 10.8 Å². The molecule has 0 aliphatic rings. The van der Waals surface area contributed by atoms with Crippen LogP contribution < -0.4 is 5.32 Å². The van der Waals surface area contributed by atoms with E-state index in [1.54, 1.807) is 0 Å². The number of hydrogen-bond acceptors (Lipinski definition) is 4. The quantitative estimate of drug-likeness (QED) is 0.473. The fraction of sp³-hybridized carbons (Fsp3) is 0.227. The summed E-state index contributed by atoms with van der Waals surface area (Å²) in [5, 5.41) is 13.3. The Hall–Kier alpha value is -2.86. The van der Waals surface area contributed by atoms with Crippen LogP contribution in [0.25, 0.3) is 16.6 Å². The largest absolute Gasteiger partial charge is 0.325 e. The molecule has 28 heavy (non-hydrogen) atoms. The van der Waals surface area contributed by atoms with E-state index in [2.05, 4.69) is 28.5 Å². The van der Waals surface area contributed by atoms with Crippen molar-refractivity contribution in [2.24, 2.45) is 0 Å². The molecule has 1 amide bonds. The van der Waals surface area contributed by atoms with Gasteiger partial charge in [-0.1, -0.05) is 62.0 Å². The zero-order valence-electron chi connectivity index (χ0n) is 15.9. The van der Waals surface area contributed by atoms with Crippen molar-refractivity contribution >= 4 is 39.9 Å². The summed E-state index contributed by atoms with van der Waals surface area (Å²) in [6.07, 6.45) is 1.58. The number of anilines is 1. The van der Waals surface area contributed by atoms with Crippen LogP contribution in [0.2, 0.25) is 0 Å². The van der Waals surface area contributed by atoms with E-state index >= 15 is 0 Å². The molecular formula is C22H22N4OS. The van der Waals surface area contributed by atoms with Crippen molar-refractivity contribution in [3.05, 3.63) is 66.2 Å². The molecule has 2 aromatic carbocycles. The van der Waals surface area contributed by atoms with Gasteiger partial charge in [0.05, 0.1) is 10.8 Å². The summed E-state index contributed by atoms with van der Waals surface area (Å²) in [6, 6.07) is 20.1. The standard InChI is InChI=1S/C22H22N4OS/c1-3-15-9-5-7-11-17(15)23-21(27)19(4-2)28-22-25-24-20-14-13-16-10-6-8-12-18(16)26(20)22/h5-14,19H,3-4H2,1-2H3,(H,23,27). The molecule has 0 saturated carbocycles. The van der Waals surface area contributed by atoms with Crippen LogP contribution in [0.4, 0.5) is 5.69 Å². The maximum absolute atomic E-state index is 12.9. The van der Waals surface area contributed by atoms with E-state index in [4.69, 9.17) is 0 Å². The lowest BCUT2D eigenvalue weighted by molar-refractivity contribution is -0.115. The topological polar surface area (TPSA) is 59.3 Å². The Kier molecular flexibility index (Phi) is 5.30. The van der Waals surface area contributed by atoms with E-state index in [9.17, 15) is 4.79 Å². The lowest BCUT2D eigenvalue weighted by atomic mass is 10.1. The Balaban J connectivity index is 1.63. The van der Waals surface area contributed by atoms with Gasteiger partial charge in [0.2, 0.25) is 5.91 Å². The van der Waals surface area contributed by atoms with Crippen molar-refractivity contribution in [1.82, 2.24) is 14.6 Å². The number of aromatic nitrogens is 3. The van der Waals surface area contributed by atoms with Crippen LogP contribution in [0.5, 0.6) is 0 Å². The van der Waals surface area contributed by atoms with Gasteiger partial charge in [0.1, 0.15) is 0 Å². The Morgan fingerprint density at radius 1 is 1.04 bits per heavy atom. The van der Waals surface area contributed by atoms with Gasteiger partial charge in [0, 0.05) is 5.69 Å². The first-order valence-electron chi connectivity index (χ1n) is 9.49. The first-order valence-corrected chi connectivity index (χ1v) is 10.4. The first kappa shape index (κ1) is 18.5. The Morgan fingerprint density at radius 3 is 2.64 bits per heavy atom. The molecule has 0 fully saturated rings. The van der Waals surface area contributed by atoms with Crippen LogP contribution in [0.3, 0.4) is 0 Å². The van der Waals surface area contributed by atoms with E-state index in [-0.39, 0.29) is 11.2 Å². The second-order valence-electron chi connectivity index (χ2n) is 6.58. The molecule has 1 atom stereocenters. The molecule has 2 heterocycles. The van der Waals surface area contributed by atoms with Crippen LogP contribution in [0.15, 0.2) is 65.8 Å². The SMILES string of the molecule is CCc1ccccc1NC(=O)C(CC)Sc1nnc2ccc3ccccc3n12. The Bertz CT molecular complexity index is 1140. The van der Waals surface area contributed by atoms with Gasteiger partial charge in [0.25, 0.3) is 0 Å². The number of carbonyl (C=O) groups is 1. The van der Waals surface area contributed by atoms with Crippen molar-refractivity contribution < 1.29 is 4.79 Å². The van der Waals surface area contributed by atoms with E-state index in [0.29, 0.717) is 6.42 Å². The number of carbonyl (C=O) groups excluding carboxylic acids is 1. The summed E-state index contributed by atoms with van der Waals surface area (Å²) >= 11 is 1.46. The predicted octanol–water partition coefficient (Wildman–Crippen LogP) is 4.95. The zero-order valence-corrected chi connectivity index (χ0v) is 16.7. The maximum Gasteiger partial charge on any atom is 0.237 e. The molecule has 0 aliphatic heterocycles. The molecule has 1 N–H and O–H groups in total. The number of pyridine rings is 1. The summed E-state index contributed by atoms with van der Waals surface area (Å²) < 4.78 is 2.02. The highest BCUT2D eigenvalue weighted by molar-refractivity contribution is 8.00. The number of hydrogen-bond donors (Lipinski definition) is 1. The van der Waals surface area contributed by atoms with E-state index in [1.165, 1.54) is 11.8 Å². The fourth-order valence-electron chi connectivity index (χ4n) is 3.30. The van der Waals surface area contributed by atoms with Crippen molar-refractivity contribution in [1.29, 1.82) is 0 Å². The second kappa shape index (κ2) is 8.02. The number of amides is 1. The van der Waals surface area contributed by atoms with E-state index in [0.717, 1.165) is 39.4 Å². The van der Waals surface area contributed by atoms with Crippen LogP contribution in [0.1, 0.15) is 25.8 Å². The molecule has 142 valence electrons. The highest BCUT2D eigenvalue weighted by Crippen LogP contribution is 2.28. The summed E-state index contributed by atoms with van der Waals surface area (Å²) in [5.74, 6) is -0.00890. The van der Waals surface area contributed by atoms with Gasteiger partial charge in [-0.2, -0.15) is 0 Å². The number of nitrogens with one attached hydrogen (secondary N) is 1. The molecule has 6 heteroatoms. The predicted molar refractivity (Wildman–Crippen MR) is 115 cm³/mol. The molecule has 4 aromatic rings. The number of aryl methyl sites for hydroxylation is 1. The third-order valence-electron chi connectivity index (χ3n) is 4.82. The fourth-order valence-corrected chi connectivity index (χ4v) is 4.27. The van der Waals surface area contributed by atoms with E-state index in [1.807, 2.05) is 65.9 Å². The molecule has 2 aromatic heterocycles. The lowest BCUT2D eigenvalue weighted by Gasteiger charge is -2.16. The summed E-state index contributed by atoms with van der Waals surface area (Å²) in [6.45, 7) is 4.11. The smallest absolute Gasteiger partial charge is 0.237 e. The van der Waals surface area contributed by atoms with Crippen molar-refractivity contribution in [3.8, 4) is 0 Å². The molecule has 1 unspecified atom stereocenters. The number of thioether (sulfide) groups is 1. The van der Waals surface area contributed by atoms with E-state index < -0.39 is 0 Å². The maximum atomic E-state index is 12.9. The highest BCUT2D eigenvalue weighted by atomic mass is 32.2. The second-order valence-corrected chi connectivity index (χ2v) is 7.75. The number of para-hydroxylation sites is 2. The molecule has 5 nitrogen and oxygen atoms in total. The Morgan fingerprint density at radius 2 is 1.82 bits per heavy atom. The van der Waals surface area contributed by atoms with Gasteiger partial charge >= 0.3 is 0 Å². The molecule has 0 radical (unpaired) electrons. The average Bonchev–Trinajstić information content (AvgIpc) is 3.15. The van der Waals surface area contributed by atoms with Crippen LogP contribution >= 0.6 is 11.8 Å². The molecule has 0 saturated heterocycles. The molecular weight excluding hydrogens is 368 g/mol. The van der Waals surface area contributed by atoms with Crippen molar-refractivity contribution in [2.75, 3.05) is 5.32 Å². The molecule has 0 aliphatic carbocycles. The van der Waals surface area contributed by atoms with Gasteiger partial charge in [-0.05, 0) is 48.1 Å². The minimum absolute atomic E-state index is 0.00890. The highest BCUT2D eigenvalue weighted by Gasteiger charge is 2.22. The molecule has 0 spiro atoms. The molecule has 4 rings (SSSR count). The van der Waals surface area contributed by atoms with Crippen LogP contribution in [-0.4, -0.2) is 25.8 Å². The third kappa shape index (κ3) is 3.47. The van der Waals surface area contributed by atoms with Crippen molar-refractivity contribution in [2.45, 2.75) is 37.1 Å².